The predicted octanol–water partition coefficient (Wildman–Crippen LogP) is 2.52. The number of sulfone groups is 1. The van der Waals surface area contributed by atoms with E-state index in [9.17, 15) is 21.6 Å². The van der Waals surface area contributed by atoms with Gasteiger partial charge in [0.1, 0.15) is 0 Å². The number of alkyl halides is 3. The fourth-order valence-electron chi connectivity index (χ4n) is 2.45. The molecule has 0 aliphatic heterocycles. The largest absolute Gasteiger partial charge is 0.501 e. The Kier molecular flexibility index (Phi) is 4.48. The van der Waals surface area contributed by atoms with E-state index < -0.39 is 20.2 Å². The van der Waals surface area contributed by atoms with Gasteiger partial charge in [-0.3, -0.25) is 0 Å². The summed E-state index contributed by atoms with van der Waals surface area (Å²) in [5, 5.41) is 3.09. The quantitative estimate of drug-likeness (QED) is 0.893. The van der Waals surface area contributed by atoms with Gasteiger partial charge in [0.05, 0.1) is 4.90 Å². The Balaban J connectivity index is 1.99. The first-order valence-electron chi connectivity index (χ1n) is 6.61. The molecule has 2 atom stereocenters. The number of hydrogen-bond donors (Lipinski definition) is 2. The second-order valence-corrected chi connectivity index (χ2v) is 7.23. The highest BCUT2D eigenvalue weighted by molar-refractivity contribution is 7.92. The van der Waals surface area contributed by atoms with E-state index in [0.29, 0.717) is 18.2 Å². The van der Waals surface area contributed by atoms with Gasteiger partial charge in [-0.1, -0.05) is 0 Å². The van der Waals surface area contributed by atoms with E-state index in [1.54, 1.807) is 0 Å². The van der Waals surface area contributed by atoms with Crippen molar-refractivity contribution in [1.29, 1.82) is 0 Å². The minimum atomic E-state index is -5.28. The number of benzene rings is 1. The van der Waals surface area contributed by atoms with Gasteiger partial charge < -0.3 is 11.1 Å². The van der Waals surface area contributed by atoms with Gasteiger partial charge in [-0.25, -0.2) is 8.42 Å². The third kappa shape index (κ3) is 3.68. The molecular weight excluding hydrogens is 305 g/mol. The molecule has 1 aliphatic carbocycles. The molecule has 0 saturated heterocycles. The van der Waals surface area contributed by atoms with Crippen LogP contribution in [0, 0.1) is 5.92 Å². The van der Waals surface area contributed by atoms with Gasteiger partial charge >= 0.3 is 5.51 Å². The molecule has 4 nitrogen and oxygen atoms in total. The Labute approximate surface area is 121 Å². The van der Waals surface area contributed by atoms with Crippen molar-refractivity contribution >= 4 is 15.5 Å². The zero-order valence-electron chi connectivity index (χ0n) is 11.2. The second-order valence-electron chi connectivity index (χ2n) is 5.29. The molecule has 21 heavy (non-hydrogen) atoms. The monoisotopic (exact) mass is 322 g/mol. The maximum absolute atomic E-state index is 12.4. The minimum Gasteiger partial charge on any atom is -0.385 e. The van der Waals surface area contributed by atoms with E-state index in [4.69, 9.17) is 5.73 Å². The zero-order chi connectivity index (χ0) is 15.7. The first kappa shape index (κ1) is 16.1. The topological polar surface area (TPSA) is 72.2 Å². The Morgan fingerprint density at radius 1 is 1.19 bits per heavy atom. The van der Waals surface area contributed by atoms with Crippen molar-refractivity contribution in [2.75, 3.05) is 11.9 Å². The van der Waals surface area contributed by atoms with E-state index in [1.807, 2.05) is 0 Å². The molecule has 1 saturated carbocycles. The van der Waals surface area contributed by atoms with E-state index >= 15 is 0 Å². The first-order valence-corrected chi connectivity index (χ1v) is 8.09. The highest BCUT2D eigenvalue weighted by atomic mass is 32.2. The van der Waals surface area contributed by atoms with Crippen LogP contribution in [0.2, 0.25) is 0 Å². The summed E-state index contributed by atoms with van der Waals surface area (Å²) < 4.78 is 59.6. The fourth-order valence-corrected chi connectivity index (χ4v) is 3.21. The fraction of sp³-hybridized carbons (Fsp3) is 0.538. The summed E-state index contributed by atoms with van der Waals surface area (Å²) in [6.45, 7) is 0.680. The third-order valence-corrected chi connectivity index (χ3v) is 5.15. The van der Waals surface area contributed by atoms with Gasteiger partial charge in [0.2, 0.25) is 0 Å². The standard InChI is InChI=1S/C13H17F3N2O2S/c14-13(15,16)21(19,20)12-5-3-11(4-6-12)18-8-9-1-2-10(17)7-9/h3-6,9-10,18H,1-2,7-8,17H2. The van der Waals surface area contributed by atoms with Crippen LogP contribution < -0.4 is 11.1 Å². The Morgan fingerprint density at radius 2 is 1.81 bits per heavy atom. The molecule has 3 N–H and O–H groups in total. The number of nitrogens with two attached hydrogens (primary N) is 1. The molecule has 1 aromatic carbocycles. The number of halogens is 3. The first-order chi connectivity index (χ1) is 9.70. The van der Waals surface area contributed by atoms with Crippen LogP contribution in [0.15, 0.2) is 29.2 Å². The van der Waals surface area contributed by atoms with Crippen LogP contribution in [0.1, 0.15) is 19.3 Å². The van der Waals surface area contributed by atoms with Gasteiger partial charge in [-0.2, -0.15) is 13.2 Å². The highest BCUT2D eigenvalue weighted by Crippen LogP contribution is 2.31. The summed E-state index contributed by atoms with van der Waals surface area (Å²) in [4.78, 5) is -0.747. The SMILES string of the molecule is NC1CCC(CNc2ccc(S(=O)(=O)C(F)(F)F)cc2)C1. The number of hydrogen-bond acceptors (Lipinski definition) is 4. The second kappa shape index (κ2) is 5.84. The van der Waals surface area contributed by atoms with Crippen LogP contribution in [0.25, 0.3) is 0 Å². The molecule has 2 unspecified atom stereocenters. The lowest BCUT2D eigenvalue weighted by Gasteiger charge is -2.13. The van der Waals surface area contributed by atoms with Crippen molar-refractivity contribution in [3.05, 3.63) is 24.3 Å². The highest BCUT2D eigenvalue weighted by Gasteiger charge is 2.46. The summed E-state index contributed by atoms with van der Waals surface area (Å²) >= 11 is 0. The average Bonchev–Trinajstić information content (AvgIpc) is 2.81. The number of rotatable bonds is 4. The lowest BCUT2D eigenvalue weighted by Crippen LogP contribution is -2.23. The molecule has 0 spiro atoms. The van der Waals surface area contributed by atoms with Crippen LogP contribution in [0.4, 0.5) is 18.9 Å². The molecule has 0 radical (unpaired) electrons. The molecule has 0 aromatic heterocycles. The van der Waals surface area contributed by atoms with Crippen molar-refractivity contribution in [2.24, 2.45) is 11.7 Å². The zero-order valence-corrected chi connectivity index (χ0v) is 12.0. The lowest BCUT2D eigenvalue weighted by molar-refractivity contribution is -0.0436. The van der Waals surface area contributed by atoms with Crippen LogP contribution in [0.5, 0.6) is 0 Å². The van der Waals surface area contributed by atoms with Crippen molar-refractivity contribution in [3.63, 3.8) is 0 Å². The Bertz CT molecular complexity index is 584. The number of nitrogens with one attached hydrogen (secondary N) is 1. The molecule has 1 aliphatic rings. The van der Waals surface area contributed by atoms with Gasteiger partial charge in [-0.05, 0) is 49.4 Å². The molecule has 0 bridgehead atoms. The van der Waals surface area contributed by atoms with Crippen molar-refractivity contribution < 1.29 is 21.6 Å². The number of anilines is 1. The molecule has 118 valence electrons. The normalized spacial score (nSPS) is 23.2. The molecule has 1 fully saturated rings. The molecule has 0 heterocycles. The average molecular weight is 322 g/mol. The summed E-state index contributed by atoms with van der Waals surface area (Å²) in [5.74, 6) is 0.443. The van der Waals surface area contributed by atoms with E-state index in [0.717, 1.165) is 31.4 Å². The van der Waals surface area contributed by atoms with Gasteiger partial charge in [-0.15, -0.1) is 0 Å². The van der Waals surface area contributed by atoms with E-state index in [2.05, 4.69) is 5.32 Å². The Hall–Kier alpha value is -1.28. The molecule has 8 heteroatoms. The van der Waals surface area contributed by atoms with E-state index in [1.165, 1.54) is 12.1 Å². The van der Waals surface area contributed by atoms with Crippen LogP contribution in [-0.4, -0.2) is 26.5 Å². The van der Waals surface area contributed by atoms with Crippen LogP contribution in [0.3, 0.4) is 0 Å². The lowest BCUT2D eigenvalue weighted by atomic mass is 10.1. The minimum absolute atomic E-state index is 0.219. The maximum atomic E-state index is 12.4. The van der Waals surface area contributed by atoms with Gasteiger partial charge in [0, 0.05) is 18.3 Å². The molecule has 0 amide bonds. The third-order valence-electron chi connectivity index (χ3n) is 3.65. The van der Waals surface area contributed by atoms with Crippen molar-refractivity contribution in [2.45, 2.75) is 35.7 Å². The summed E-state index contributed by atoms with van der Waals surface area (Å²) in [6, 6.07) is 4.83. The van der Waals surface area contributed by atoms with Crippen molar-refractivity contribution in [3.8, 4) is 0 Å². The summed E-state index contributed by atoms with van der Waals surface area (Å²) in [7, 11) is -5.28. The summed E-state index contributed by atoms with van der Waals surface area (Å²) in [6.07, 6.45) is 2.93. The Morgan fingerprint density at radius 3 is 2.29 bits per heavy atom. The van der Waals surface area contributed by atoms with Gasteiger partial charge in [0.15, 0.2) is 0 Å². The maximum Gasteiger partial charge on any atom is 0.501 e. The smallest absolute Gasteiger partial charge is 0.385 e. The van der Waals surface area contributed by atoms with Crippen LogP contribution >= 0.6 is 0 Å². The van der Waals surface area contributed by atoms with Crippen molar-refractivity contribution in [1.82, 2.24) is 0 Å². The molecule has 1 aromatic rings. The predicted molar refractivity (Wildman–Crippen MR) is 73.5 cm³/mol. The molecule has 2 rings (SSSR count). The summed E-state index contributed by atoms with van der Waals surface area (Å²) in [5.41, 5.74) is 1.12. The molecular formula is C13H17F3N2O2S. The van der Waals surface area contributed by atoms with E-state index in [-0.39, 0.29) is 6.04 Å². The van der Waals surface area contributed by atoms with Crippen LogP contribution in [-0.2, 0) is 9.84 Å². The van der Waals surface area contributed by atoms with Gasteiger partial charge in [0.25, 0.3) is 9.84 Å².